The Morgan fingerprint density at radius 3 is 2.30 bits per heavy atom. The Kier molecular flexibility index (Phi) is 15.8. The molecule has 2 aromatic rings. The zero-order chi connectivity index (χ0) is 28.8. The molecule has 3 atom stereocenters. The molecular weight excluding hydrogens is 556 g/mol. The Hall–Kier alpha value is -2.66. The summed E-state index contributed by atoms with van der Waals surface area (Å²) in [6.07, 6.45) is -0.579. The summed E-state index contributed by atoms with van der Waals surface area (Å²) >= 11 is 0. The van der Waals surface area contributed by atoms with E-state index in [1.807, 2.05) is 68.4 Å². The van der Waals surface area contributed by atoms with Crippen LogP contribution in [-0.4, -0.2) is 69.8 Å². The zero-order valence-corrected chi connectivity index (χ0v) is 25.3. The SMILES string of the molecule is COC(=O)CC(CS(=O)(=O)CCC(C)C)C(=O)N[C@@H](Cc1ccccc1)[C@@H](O)CNCc1cccc(OC)c1.Cl. The number of sulfone groups is 1. The highest BCUT2D eigenvalue weighted by molar-refractivity contribution is 7.91. The first-order chi connectivity index (χ1) is 18.5. The van der Waals surface area contributed by atoms with Gasteiger partial charge in [-0.05, 0) is 42.0 Å². The van der Waals surface area contributed by atoms with Crippen molar-refractivity contribution in [1.82, 2.24) is 10.6 Å². The van der Waals surface area contributed by atoms with Gasteiger partial charge in [0.25, 0.3) is 0 Å². The molecule has 0 aromatic heterocycles. The van der Waals surface area contributed by atoms with Crippen molar-refractivity contribution in [3.8, 4) is 5.75 Å². The quantitative estimate of drug-likeness (QED) is 0.237. The molecule has 0 bridgehead atoms. The minimum Gasteiger partial charge on any atom is -0.497 e. The maximum atomic E-state index is 13.4. The van der Waals surface area contributed by atoms with Crippen LogP contribution in [0, 0.1) is 11.8 Å². The Balaban J connectivity index is 0.00000800. The molecular formula is C29H43ClN2O7S. The molecule has 0 spiro atoms. The van der Waals surface area contributed by atoms with Crippen molar-refractivity contribution >= 4 is 34.1 Å². The van der Waals surface area contributed by atoms with Gasteiger partial charge in [-0.1, -0.05) is 56.3 Å². The lowest BCUT2D eigenvalue weighted by Gasteiger charge is -2.27. The number of carbonyl (C=O) groups excluding carboxylic acids is 2. The summed E-state index contributed by atoms with van der Waals surface area (Å²) in [6.45, 7) is 4.49. The molecule has 1 amide bonds. The van der Waals surface area contributed by atoms with E-state index in [0.29, 0.717) is 19.4 Å². The van der Waals surface area contributed by atoms with Gasteiger partial charge in [-0.2, -0.15) is 0 Å². The van der Waals surface area contributed by atoms with Crippen LogP contribution in [0.1, 0.15) is 37.8 Å². The van der Waals surface area contributed by atoms with Gasteiger partial charge in [0.2, 0.25) is 5.91 Å². The van der Waals surface area contributed by atoms with Crippen molar-refractivity contribution in [2.45, 2.75) is 51.8 Å². The van der Waals surface area contributed by atoms with E-state index in [4.69, 9.17) is 9.47 Å². The van der Waals surface area contributed by atoms with Crippen LogP contribution in [0.2, 0.25) is 0 Å². The summed E-state index contributed by atoms with van der Waals surface area (Å²) in [5.74, 6) is -2.05. The van der Waals surface area contributed by atoms with Crippen LogP contribution in [0.5, 0.6) is 5.75 Å². The number of halogens is 1. The zero-order valence-electron chi connectivity index (χ0n) is 23.7. The van der Waals surface area contributed by atoms with E-state index >= 15 is 0 Å². The fraction of sp³-hybridized carbons (Fsp3) is 0.517. The topological polar surface area (TPSA) is 131 Å². The van der Waals surface area contributed by atoms with Crippen molar-refractivity contribution < 1.29 is 32.6 Å². The lowest BCUT2D eigenvalue weighted by atomic mass is 9.99. The third-order valence-corrected chi connectivity index (χ3v) is 8.15. The van der Waals surface area contributed by atoms with E-state index in [0.717, 1.165) is 16.9 Å². The van der Waals surface area contributed by atoms with Gasteiger partial charge in [0, 0.05) is 13.1 Å². The maximum absolute atomic E-state index is 13.4. The predicted molar refractivity (Wildman–Crippen MR) is 158 cm³/mol. The van der Waals surface area contributed by atoms with Crippen LogP contribution in [0.4, 0.5) is 0 Å². The fourth-order valence-electron chi connectivity index (χ4n) is 4.06. The number of hydrogen-bond donors (Lipinski definition) is 3. The number of ether oxygens (including phenoxy) is 2. The van der Waals surface area contributed by atoms with Crippen LogP contribution >= 0.6 is 12.4 Å². The van der Waals surface area contributed by atoms with Gasteiger partial charge in [0.15, 0.2) is 9.84 Å². The summed E-state index contributed by atoms with van der Waals surface area (Å²) in [5, 5.41) is 17.1. The van der Waals surface area contributed by atoms with Crippen LogP contribution < -0.4 is 15.4 Å². The summed E-state index contributed by atoms with van der Waals surface area (Å²) in [4.78, 5) is 25.4. The third kappa shape index (κ3) is 13.1. The van der Waals surface area contributed by atoms with Gasteiger partial charge >= 0.3 is 5.97 Å². The molecule has 3 N–H and O–H groups in total. The summed E-state index contributed by atoms with van der Waals surface area (Å²) in [5.41, 5.74) is 1.86. The van der Waals surface area contributed by atoms with E-state index in [1.54, 1.807) is 7.11 Å². The van der Waals surface area contributed by atoms with E-state index in [9.17, 15) is 23.1 Å². The Labute approximate surface area is 244 Å². The van der Waals surface area contributed by atoms with E-state index in [-0.39, 0.29) is 37.0 Å². The van der Waals surface area contributed by atoms with Crippen molar-refractivity contribution in [2.24, 2.45) is 11.8 Å². The molecule has 224 valence electrons. The molecule has 40 heavy (non-hydrogen) atoms. The van der Waals surface area contributed by atoms with Crippen molar-refractivity contribution in [3.05, 3.63) is 65.7 Å². The number of hydrogen-bond acceptors (Lipinski definition) is 8. The monoisotopic (exact) mass is 598 g/mol. The second-order valence-corrected chi connectivity index (χ2v) is 12.4. The Bertz CT molecular complexity index is 1150. The second kappa shape index (κ2) is 17.9. The Morgan fingerprint density at radius 2 is 1.68 bits per heavy atom. The van der Waals surface area contributed by atoms with Gasteiger partial charge in [-0.25, -0.2) is 8.42 Å². The molecule has 9 nitrogen and oxygen atoms in total. The standard InChI is InChI=1S/C29H42N2O7S.ClH/c1-21(2)13-14-39(35,36)20-24(17-28(33)38-4)29(34)31-26(16-22-9-6-5-7-10-22)27(32)19-30-18-23-11-8-12-25(15-23)37-3;/h5-12,15,21,24,26-27,30,32H,13-14,16-20H2,1-4H3,(H,31,34);1H/t24?,26-,27-;/m0./s1. The number of methoxy groups -OCH3 is 2. The van der Waals surface area contributed by atoms with Crippen LogP contribution in [0.15, 0.2) is 54.6 Å². The largest absolute Gasteiger partial charge is 0.497 e. The smallest absolute Gasteiger partial charge is 0.306 e. The van der Waals surface area contributed by atoms with Gasteiger partial charge in [-0.15, -0.1) is 12.4 Å². The lowest BCUT2D eigenvalue weighted by molar-refractivity contribution is -0.144. The Morgan fingerprint density at radius 1 is 1.00 bits per heavy atom. The van der Waals surface area contributed by atoms with Crippen LogP contribution in [-0.2, 0) is 37.1 Å². The van der Waals surface area contributed by atoms with Crippen molar-refractivity contribution in [1.29, 1.82) is 0 Å². The van der Waals surface area contributed by atoms with Crippen molar-refractivity contribution in [3.63, 3.8) is 0 Å². The average molecular weight is 599 g/mol. The molecule has 2 aromatic carbocycles. The molecule has 0 fully saturated rings. The second-order valence-electron chi connectivity index (χ2n) is 10.1. The number of carbonyl (C=O) groups is 2. The molecule has 0 saturated heterocycles. The molecule has 0 aliphatic rings. The highest BCUT2D eigenvalue weighted by Crippen LogP contribution is 2.15. The van der Waals surface area contributed by atoms with E-state index in [1.165, 1.54) is 7.11 Å². The maximum Gasteiger partial charge on any atom is 0.306 e. The lowest BCUT2D eigenvalue weighted by Crippen LogP contribution is -2.51. The summed E-state index contributed by atoms with van der Waals surface area (Å²) in [6, 6.07) is 16.2. The minimum absolute atomic E-state index is 0. The summed E-state index contributed by atoms with van der Waals surface area (Å²) < 4.78 is 35.5. The van der Waals surface area contributed by atoms with Gasteiger partial charge < -0.3 is 25.2 Å². The molecule has 11 heteroatoms. The minimum atomic E-state index is -3.59. The van der Waals surface area contributed by atoms with Gasteiger partial charge in [0.05, 0.1) is 50.2 Å². The first kappa shape index (κ1) is 35.4. The van der Waals surface area contributed by atoms with Gasteiger partial charge in [0.1, 0.15) is 5.75 Å². The summed E-state index contributed by atoms with van der Waals surface area (Å²) in [7, 11) is -0.806. The molecule has 0 aliphatic heterocycles. The molecule has 2 rings (SSSR count). The molecule has 0 saturated carbocycles. The number of amides is 1. The fourth-order valence-corrected chi connectivity index (χ4v) is 5.94. The average Bonchev–Trinajstić information content (AvgIpc) is 2.91. The highest BCUT2D eigenvalue weighted by Gasteiger charge is 2.31. The number of nitrogens with one attached hydrogen (secondary N) is 2. The third-order valence-electron chi connectivity index (χ3n) is 6.38. The normalized spacial score (nSPS) is 13.6. The number of esters is 1. The predicted octanol–water partition coefficient (Wildman–Crippen LogP) is 2.94. The number of benzene rings is 2. The van der Waals surface area contributed by atoms with Gasteiger partial charge in [-0.3, -0.25) is 9.59 Å². The first-order valence-corrected chi connectivity index (χ1v) is 15.0. The number of rotatable bonds is 17. The first-order valence-electron chi connectivity index (χ1n) is 13.2. The van der Waals surface area contributed by atoms with E-state index < -0.39 is 45.5 Å². The van der Waals surface area contributed by atoms with Crippen molar-refractivity contribution in [2.75, 3.05) is 32.3 Å². The molecule has 0 radical (unpaired) electrons. The number of aliphatic hydroxyl groups is 1. The molecule has 0 heterocycles. The molecule has 0 aliphatic carbocycles. The van der Waals surface area contributed by atoms with Crippen LogP contribution in [0.25, 0.3) is 0 Å². The van der Waals surface area contributed by atoms with Crippen LogP contribution in [0.3, 0.4) is 0 Å². The van der Waals surface area contributed by atoms with E-state index in [2.05, 4.69) is 10.6 Å². The molecule has 1 unspecified atom stereocenters. The highest BCUT2D eigenvalue weighted by atomic mass is 35.5. The number of aliphatic hydroxyl groups excluding tert-OH is 1.